The maximum atomic E-state index is 12.1. The number of carbonyl (C=O) groups is 1. The Balaban J connectivity index is 2.98. The second-order valence-corrected chi connectivity index (χ2v) is 7.94. The van der Waals surface area contributed by atoms with Gasteiger partial charge in [0.25, 0.3) is 0 Å². The number of hydrogen-bond acceptors (Lipinski definition) is 4. The molecule has 5 nitrogen and oxygen atoms in total. The van der Waals surface area contributed by atoms with Crippen LogP contribution in [0.5, 0.6) is 0 Å². The van der Waals surface area contributed by atoms with E-state index in [-0.39, 0.29) is 6.04 Å². The maximum absolute atomic E-state index is 12.1. The summed E-state index contributed by atoms with van der Waals surface area (Å²) < 4.78 is 21.8. The van der Waals surface area contributed by atoms with Crippen molar-refractivity contribution in [2.45, 2.75) is 31.6 Å². The van der Waals surface area contributed by atoms with E-state index in [1.807, 2.05) is 32.2 Å². The molecule has 20 heavy (non-hydrogen) atoms. The number of sulfone groups is 1. The molecular weight excluding hydrogens is 276 g/mol. The minimum atomic E-state index is -3.48. The van der Waals surface area contributed by atoms with E-state index in [9.17, 15) is 13.2 Å². The van der Waals surface area contributed by atoms with Crippen LogP contribution in [0.15, 0.2) is 24.3 Å². The molecular formula is C14H22N2O3S. The van der Waals surface area contributed by atoms with Gasteiger partial charge in [0.05, 0.1) is 0 Å². The topological polar surface area (TPSA) is 75.3 Å². The van der Waals surface area contributed by atoms with Crippen molar-refractivity contribution in [3.8, 4) is 0 Å². The number of benzene rings is 1. The van der Waals surface area contributed by atoms with E-state index in [2.05, 4.69) is 10.6 Å². The zero-order chi connectivity index (χ0) is 15.6. The lowest BCUT2D eigenvalue weighted by molar-refractivity contribution is -0.117. The molecule has 0 heterocycles. The van der Waals surface area contributed by atoms with Crippen LogP contribution >= 0.6 is 0 Å². The minimum Gasteiger partial charge on any atom is -0.325 e. The van der Waals surface area contributed by atoms with Gasteiger partial charge in [-0.1, -0.05) is 12.1 Å². The fourth-order valence-corrected chi connectivity index (χ4v) is 1.89. The monoisotopic (exact) mass is 298 g/mol. The first kappa shape index (κ1) is 16.7. The van der Waals surface area contributed by atoms with Crippen molar-refractivity contribution in [1.82, 2.24) is 5.32 Å². The second kappa shape index (κ2) is 5.93. The smallest absolute Gasteiger partial charge is 0.245 e. The standard InChI is InChI=1S/C14H22N2O3S/c1-10(15-4)11-7-6-8-12(9-11)16-13(17)14(2,3)20(5,18)19/h6-10,15H,1-5H3,(H,16,17). The number of amides is 1. The van der Waals surface area contributed by atoms with Gasteiger partial charge < -0.3 is 10.6 Å². The zero-order valence-electron chi connectivity index (χ0n) is 12.5. The van der Waals surface area contributed by atoms with E-state index in [0.29, 0.717) is 5.69 Å². The molecule has 1 amide bonds. The van der Waals surface area contributed by atoms with E-state index in [1.165, 1.54) is 13.8 Å². The molecule has 0 bridgehead atoms. The average Bonchev–Trinajstić information content (AvgIpc) is 2.36. The molecule has 0 aliphatic heterocycles. The molecule has 1 unspecified atom stereocenters. The fraction of sp³-hybridized carbons (Fsp3) is 0.500. The second-order valence-electron chi connectivity index (χ2n) is 5.37. The normalized spacial score (nSPS) is 13.8. The Kier molecular flexibility index (Phi) is 4.94. The molecule has 0 radical (unpaired) electrons. The van der Waals surface area contributed by atoms with Crippen molar-refractivity contribution in [2.75, 3.05) is 18.6 Å². The van der Waals surface area contributed by atoms with E-state index in [0.717, 1.165) is 11.8 Å². The van der Waals surface area contributed by atoms with Crippen molar-refractivity contribution >= 4 is 21.4 Å². The molecule has 0 spiro atoms. The zero-order valence-corrected chi connectivity index (χ0v) is 13.3. The predicted molar refractivity (Wildman–Crippen MR) is 81.5 cm³/mol. The van der Waals surface area contributed by atoms with Gasteiger partial charge in [0.15, 0.2) is 9.84 Å². The van der Waals surface area contributed by atoms with E-state index >= 15 is 0 Å². The van der Waals surface area contributed by atoms with Crippen LogP contribution in [0, 0.1) is 0 Å². The molecule has 1 aromatic carbocycles. The Morgan fingerprint density at radius 3 is 2.40 bits per heavy atom. The molecule has 2 N–H and O–H groups in total. The highest BCUT2D eigenvalue weighted by molar-refractivity contribution is 7.92. The molecule has 0 fully saturated rings. The highest BCUT2D eigenvalue weighted by Crippen LogP contribution is 2.21. The summed E-state index contributed by atoms with van der Waals surface area (Å²) in [4.78, 5) is 12.1. The van der Waals surface area contributed by atoms with Crippen molar-refractivity contribution in [3.05, 3.63) is 29.8 Å². The van der Waals surface area contributed by atoms with Crippen LogP contribution in [0.3, 0.4) is 0 Å². The summed E-state index contributed by atoms with van der Waals surface area (Å²) in [6.45, 7) is 4.80. The van der Waals surface area contributed by atoms with Crippen LogP contribution in [0.2, 0.25) is 0 Å². The first-order valence-corrected chi connectivity index (χ1v) is 8.27. The van der Waals surface area contributed by atoms with Crippen molar-refractivity contribution in [2.24, 2.45) is 0 Å². The Labute approximate surface area is 120 Å². The molecule has 1 rings (SSSR count). The molecule has 6 heteroatoms. The van der Waals surface area contributed by atoms with Gasteiger partial charge in [-0.15, -0.1) is 0 Å². The van der Waals surface area contributed by atoms with Crippen LogP contribution in [-0.4, -0.2) is 32.4 Å². The van der Waals surface area contributed by atoms with Gasteiger partial charge in [0.1, 0.15) is 4.75 Å². The summed E-state index contributed by atoms with van der Waals surface area (Å²) in [5.74, 6) is -0.533. The Morgan fingerprint density at radius 1 is 1.30 bits per heavy atom. The van der Waals surface area contributed by atoms with E-state index in [1.54, 1.807) is 6.07 Å². The van der Waals surface area contributed by atoms with Crippen LogP contribution in [0.25, 0.3) is 0 Å². The molecule has 1 aromatic rings. The first-order chi connectivity index (χ1) is 9.09. The summed E-state index contributed by atoms with van der Waals surface area (Å²) >= 11 is 0. The van der Waals surface area contributed by atoms with Gasteiger partial charge in [-0.3, -0.25) is 4.79 Å². The molecule has 0 aliphatic rings. The Morgan fingerprint density at radius 2 is 1.90 bits per heavy atom. The quantitative estimate of drug-likeness (QED) is 0.868. The number of rotatable bonds is 5. The lowest BCUT2D eigenvalue weighted by Crippen LogP contribution is -2.43. The number of carbonyl (C=O) groups excluding carboxylic acids is 1. The summed E-state index contributed by atoms with van der Waals surface area (Å²) in [7, 11) is -1.63. The number of hydrogen-bond donors (Lipinski definition) is 2. The maximum Gasteiger partial charge on any atom is 0.245 e. The Hall–Kier alpha value is -1.40. The fourth-order valence-electron chi connectivity index (χ4n) is 1.50. The third-order valence-electron chi connectivity index (χ3n) is 3.55. The third-order valence-corrected chi connectivity index (χ3v) is 5.59. The van der Waals surface area contributed by atoms with Crippen LogP contribution in [-0.2, 0) is 14.6 Å². The molecule has 0 aromatic heterocycles. The van der Waals surface area contributed by atoms with Gasteiger partial charge in [0, 0.05) is 18.0 Å². The molecule has 0 aliphatic carbocycles. The van der Waals surface area contributed by atoms with Crippen molar-refractivity contribution in [3.63, 3.8) is 0 Å². The molecule has 0 saturated carbocycles. The highest BCUT2D eigenvalue weighted by atomic mass is 32.2. The number of anilines is 1. The van der Waals surface area contributed by atoms with Gasteiger partial charge >= 0.3 is 0 Å². The molecule has 112 valence electrons. The van der Waals surface area contributed by atoms with E-state index in [4.69, 9.17) is 0 Å². The lowest BCUT2D eigenvalue weighted by atomic mass is 10.1. The van der Waals surface area contributed by atoms with Crippen molar-refractivity contribution in [1.29, 1.82) is 0 Å². The molecule has 1 atom stereocenters. The Bertz CT molecular complexity index is 594. The van der Waals surface area contributed by atoms with Gasteiger partial charge in [-0.05, 0) is 45.5 Å². The van der Waals surface area contributed by atoms with Crippen LogP contribution in [0.1, 0.15) is 32.4 Å². The lowest BCUT2D eigenvalue weighted by Gasteiger charge is -2.22. The number of nitrogens with one attached hydrogen (secondary N) is 2. The van der Waals surface area contributed by atoms with Gasteiger partial charge in [-0.2, -0.15) is 0 Å². The highest BCUT2D eigenvalue weighted by Gasteiger charge is 2.38. The minimum absolute atomic E-state index is 0.148. The first-order valence-electron chi connectivity index (χ1n) is 6.38. The van der Waals surface area contributed by atoms with Gasteiger partial charge in [-0.25, -0.2) is 8.42 Å². The summed E-state index contributed by atoms with van der Waals surface area (Å²) in [5.41, 5.74) is 1.61. The van der Waals surface area contributed by atoms with Gasteiger partial charge in [0.2, 0.25) is 5.91 Å². The predicted octanol–water partition coefficient (Wildman–Crippen LogP) is 1.73. The molecule has 0 saturated heterocycles. The summed E-state index contributed by atoms with van der Waals surface area (Å²) in [6.07, 6.45) is 1.06. The average molecular weight is 298 g/mol. The summed E-state index contributed by atoms with van der Waals surface area (Å²) in [6, 6.07) is 7.49. The van der Waals surface area contributed by atoms with Crippen molar-refractivity contribution < 1.29 is 13.2 Å². The van der Waals surface area contributed by atoms with Crippen LogP contribution < -0.4 is 10.6 Å². The largest absolute Gasteiger partial charge is 0.325 e. The summed E-state index contributed by atoms with van der Waals surface area (Å²) in [5, 5.41) is 5.77. The van der Waals surface area contributed by atoms with E-state index < -0.39 is 20.5 Å². The third kappa shape index (κ3) is 3.58. The van der Waals surface area contributed by atoms with Crippen LogP contribution in [0.4, 0.5) is 5.69 Å². The SMILES string of the molecule is CNC(C)c1cccc(NC(=O)C(C)(C)S(C)(=O)=O)c1.